The van der Waals surface area contributed by atoms with Crippen molar-refractivity contribution in [2.24, 2.45) is 0 Å². The van der Waals surface area contributed by atoms with E-state index < -0.39 is 0 Å². The number of hydrogen-bond acceptors (Lipinski definition) is 5. The minimum Gasteiger partial charge on any atom is -0.416 e. The summed E-state index contributed by atoms with van der Waals surface area (Å²) in [4.78, 5) is 24.9. The first-order valence-electron chi connectivity index (χ1n) is 10.9. The van der Waals surface area contributed by atoms with Crippen LogP contribution < -0.4 is 10.6 Å². The van der Waals surface area contributed by atoms with Gasteiger partial charge in [0.1, 0.15) is 0 Å². The van der Waals surface area contributed by atoms with Crippen molar-refractivity contribution in [2.75, 3.05) is 5.32 Å². The Bertz CT molecular complexity index is 1320. The van der Waals surface area contributed by atoms with Gasteiger partial charge in [0.05, 0.1) is 0 Å². The van der Waals surface area contributed by atoms with E-state index in [1.165, 1.54) is 0 Å². The first-order chi connectivity index (χ1) is 16.2. The van der Waals surface area contributed by atoms with Gasteiger partial charge in [-0.15, -0.1) is 10.2 Å². The SMILES string of the molecule is Cc1cccc(-c2nnc(-c3ccc(C(=O)Nc4ccc(C(=O)NC(C)(C)C)cc4)cc3)o2)c1. The molecule has 0 bridgehead atoms. The third-order valence-electron chi connectivity index (χ3n) is 4.98. The van der Waals surface area contributed by atoms with E-state index >= 15 is 0 Å². The molecule has 2 N–H and O–H groups in total. The van der Waals surface area contributed by atoms with Gasteiger partial charge in [-0.25, -0.2) is 0 Å². The van der Waals surface area contributed by atoms with Crippen molar-refractivity contribution < 1.29 is 14.0 Å². The van der Waals surface area contributed by atoms with Crippen molar-refractivity contribution in [1.82, 2.24) is 15.5 Å². The first-order valence-corrected chi connectivity index (χ1v) is 10.9. The zero-order valence-electron chi connectivity index (χ0n) is 19.5. The summed E-state index contributed by atoms with van der Waals surface area (Å²) in [5.74, 6) is 0.407. The standard InChI is InChI=1S/C27H26N4O3/c1-17-6-5-7-21(16-17)26-31-30-25(34-26)20-10-8-18(9-11-20)23(32)28-22-14-12-19(13-15-22)24(33)29-27(2,3)4/h5-16H,1-4H3,(H,28,32)(H,29,33). The summed E-state index contributed by atoms with van der Waals surface area (Å²) in [7, 11) is 0. The lowest BCUT2D eigenvalue weighted by Gasteiger charge is -2.20. The fraction of sp³-hybridized carbons (Fsp3) is 0.185. The number of hydrogen-bond donors (Lipinski definition) is 2. The maximum absolute atomic E-state index is 12.6. The predicted octanol–water partition coefficient (Wildman–Crippen LogP) is 5.49. The lowest BCUT2D eigenvalue weighted by Crippen LogP contribution is -2.40. The molecule has 0 aliphatic rings. The van der Waals surface area contributed by atoms with Gasteiger partial charge in [-0.05, 0) is 88.4 Å². The summed E-state index contributed by atoms with van der Waals surface area (Å²) in [5, 5.41) is 14.0. The Morgan fingerprint density at radius 3 is 1.97 bits per heavy atom. The van der Waals surface area contributed by atoms with Crippen LogP contribution in [0.2, 0.25) is 0 Å². The second-order valence-corrected chi connectivity index (χ2v) is 9.09. The molecular weight excluding hydrogens is 428 g/mol. The Morgan fingerprint density at radius 2 is 1.35 bits per heavy atom. The zero-order chi connectivity index (χ0) is 24.3. The number of carbonyl (C=O) groups excluding carboxylic acids is 2. The first kappa shape index (κ1) is 22.9. The molecule has 0 saturated carbocycles. The Hall–Kier alpha value is -4.26. The number of nitrogens with one attached hydrogen (secondary N) is 2. The van der Waals surface area contributed by atoms with Crippen LogP contribution >= 0.6 is 0 Å². The molecule has 7 nitrogen and oxygen atoms in total. The van der Waals surface area contributed by atoms with Crippen LogP contribution in [0.3, 0.4) is 0 Å². The fourth-order valence-electron chi connectivity index (χ4n) is 3.32. The third-order valence-corrected chi connectivity index (χ3v) is 4.98. The van der Waals surface area contributed by atoms with Crippen LogP contribution in [-0.4, -0.2) is 27.6 Å². The Balaban J connectivity index is 1.41. The molecule has 172 valence electrons. The molecule has 1 heterocycles. The maximum Gasteiger partial charge on any atom is 0.255 e. The molecule has 34 heavy (non-hydrogen) atoms. The van der Waals surface area contributed by atoms with Gasteiger partial charge in [-0.3, -0.25) is 9.59 Å². The Kier molecular flexibility index (Phi) is 6.27. The van der Waals surface area contributed by atoms with Crippen molar-refractivity contribution in [3.63, 3.8) is 0 Å². The van der Waals surface area contributed by atoms with E-state index in [2.05, 4.69) is 20.8 Å². The maximum atomic E-state index is 12.6. The van der Waals surface area contributed by atoms with E-state index in [-0.39, 0.29) is 17.4 Å². The number of carbonyl (C=O) groups is 2. The molecular formula is C27H26N4O3. The van der Waals surface area contributed by atoms with Gasteiger partial charge < -0.3 is 15.1 Å². The van der Waals surface area contributed by atoms with Crippen molar-refractivity contribution in [1.29, 1.82) is 0 Å². The Morgan fingerprint density at radius 1 is 0.765 bits per heavy atom. The molecule has 2 amide bonds. The molecule has 0 spiro atoms. The Labute approximate surface area is 198 Å². The van der Waals surface area contributed by atoms with E-state index in [9.17, 15) is 9.59 Å². The van der Waals surface area contributed by atoms with Crippen molar-refractivity contribution in [2.45, 2.75) is 33.2 Å². The fourth-order valence-corrected chi connectivity index (χ4v) is 3.32. The van der Waals surface area contributed by atoms with Gasteiger partial charge in [0.15, 0.2) is 0 Å². The second-order valence-electron chi connectivity index (χ2n) is 9.09. The van der Waals surface area contributed by atoms with Crippen molar-refractivity contribution >= 4 is 17.5 Å². The average Bonchev–Trinajstić information content (AvgIpc) is 3.29. The van der Waals surface area contributed by atoms with E-state index in [0.29, 0.717) is 28.6 Å². The largest absolute Gasteiger partial charge is 0.416 e. The van der Waals surface area contributed by atoms with Crippen molar-refractivity contribution in [3.05, 3.63) is 89.5 Å². The molecule has 4 aromatic rings. The zero-order valence-corrected chi connectivity index (χ0v) is 19.5. The quantitative estimate of drug-likeness (QED) is 0.415. The van der Waals surface area contributed by atoms with Gasteiger partial charge >= 0.3 is 0 Å². The van der Waals surface area contributed by atoms with Crippen LogP contribution in [0.5, 0.6) is 0 Å². The summed E-state index contributed by atoms with van der Waals surface area (Å²) in [6.45, 7) is 7.77. The number of nitrogens with zero attached hydrogens (tertiary/aromatic N) is 2. The van der Waals surface area contributed by atoms with Crippen LogP contribution in [0.15, 0.2) is 77.2 Å². The van der Waals surface area contributed by atoms with Gasteiger partial charge in [0, 0.05) is 33.5 Å². The van der Waals surface area contributed by atoms with Gasteiger partial charge in [-0.1, -0.05) is 17.7 Å². The number of aryl methyl sites for hydroxylation is 1. The highest BCUT2D eigenvalue weighted by atomic mass is 16.4. The lowest BCUT2D eigenvalue weighted by atomic mass is 10.1. The highest BCUT2D eigenvalue weighted by molar-refractivity contribution is 6.04. The molecule has 3 aromatic carbocycles. The molecule has 0 fully saturated rings. The summed E-state index contributed by atoms with van der Waals surface area (Å²) >= 11 is 0. The van der Waals surface area contributed by atoms with Crippen molar-refractivity contribution in [3.8, 4) is 22.9 Å². The highest BCUT2D eigenvalue weighted by Crippen LogP contribution is 2.25. The molecule has 0 aliphatic heterocycles. The van der Waals surface area contributed by atoms with Crippen LogP contribution in [-0.2, 0) is 0 Å². The second kappa shape index (κ2) is 9.31. The molecule has 4 rings (SSSR count). The summed E-state index contributed by atoms with van der Waals surface area (Å²) in [6.07, 6.45) is 0. The van der Waals surface area contributed by atoms with Gasteiger partial charge in [0.2, 0.25) is 11.8 Å². The summed E-state index contributed by atoms with van der Waals surface area (Å²) in [5.41, 5.74) is 3.98. The van der Waals surface area contributed by atoms with E-state index in [4.69, 9.17) is 4.42 Å². The third kappa shape index (κ3) is 5.56. The van der Waals surface area contributed by atoms with Crippen LogP contribution in [0.25, 0.3) is 22.9 Å². The minimum absolute atomic E-state index is 0.160. The number of amides is 2. The van der Waals surface area contributed by atoms with Crippen LogP contribution in [0, 0.1) is 6.92 Å². The number of rotatable bonds is 5. The van der Waals surface area contributed by atoms with E-state index in [1.54, 1.807) is 48.5 Å². The minimum atomic E-state index is -0.320. The number of anilines is 1. The summed E-state index contributed by atoms with van der Waals surface area (Å²) in [6, 6.07) is 21.5. The number of benzene rings is 3. The lowest BCUT2D eigenvalue weighted by molar-refractivity contribution is 0.0919. The molecule has 0 radical (unpaired) electrons. The topological polar surface area (TPSA) is 97.1 Å². The number of aromatic nitrogens is 2. The average molecular weight is 455 g/mol. The molecule has 0 saturated heterocycles. The normalized spacial score (nSPS) is 11.2. The van der Waals surface area contributed by atoms with E-state index in [1.807, 2.05) is 52.0 Å². The molecule has 0 atom stereocenters. The predicted molar refractivity (Wildman–Crippen MR) is 132 cm³/mol. The molecule has 0 aliphatic carbocycles. The smallest absolute Gasteiger partial charge is 0.255 e. The highest BCUT2D eigenvalue weighted by Gasteiger charge is 2.16. The monoisotopic (exact) mass is 454 g/mol. The van der Waals surface area contributed by atoms with Gasteiger partial charge in [-0.2, -0.15) is 0 Å². The van der Waals surface area contributed by atoms with Gasteiger partial charge in [0.25, 0.3) is 11.8 Å². The molecule has 7 heteroatoms. The van der Waals surface area contributed by atoms with Crippen LogP contribution in [0.1, 0.15) is 47.1 Å². The molecule has 0 unspecified atom stereocenters. The van der Waals surface area contributed by atoms with Crippen LogP contribution in [0.4, 0.5) is 5.69 Å². The molecule has 1 aromatic heterocycles. The van der Waals surface area contributed by atoms with E-state index in [0.717, 1.165) is 16.7 Å². The summed E-state index contributed by atoms with van der Waals surface area (Å²) < 4.78 is 5.81.